The van der Waals surface area contributed by atoms with Crippen molar-refractivity contribution in [3.8, 4) is 5.75 Å². The molecule has 1 aromatic carbocycles. The van der Waals surface area contributed by atoms with Crippen LogP contribution in [0.5, 0.6) is 5.75 Å². The van der Waals surface area contributed by atoms with E-state index < -0.39 is 0 Å². The molecule has 0 saturated heterocycles. The van der Waals surface area contributed by atoms with Crippen LogP contribution in [0.1, 0.15) is 29.8 Å². The molecule has 0 radical (unpaired) electrons. The quantitative estimate of drug-likeness (QED) is 0.897. The Kier molecular flexibility index (Phi) is 4.22. The van der Waals surface area contributed by atoms with Crippen molar-refractivity contribution in [2.24, 2.45) is 7.05 Å². The zero-order chi connectivity index (χ0) is 13.8. The first-order valence-corrected chi connectivity index (χ1v) is 6.46. The lowest BCUT2D eigenvalue weighted by molar-refractivity contribution is 0.400. The number of aromatic nitrogens is 2. The molecule has 0 spiro atoms. The monoisotopic (exact) mass is 259 g/mol. The number of aryl methyl sites for hydroxylation is 2. The van der Waals surface area contributed by atoms with Crippen molar-refractivity contribution < 1.29 is 4.74 Å². The molecule has 2 aromatic rings. The Bertz CT molecular complexity index is 548. The lowest BCUT2D eigenvalue weighted by atomic mass is 10.0. The van der Waals surface area contributed by atoms with E-state index >= 15 is 0 Å². The topological polar surface area (TPSA) is 39.1 Å². The van der Waals surface area contributed by atoms with Gasteiger partial charge in [0, 0.05) is 31.4 Å². The molecule has 4 nitrogen and oxygen atoms in total. The van der Waals surface area contributed by atoms with Crippen LogP contribution in [0.3, 0.4) is 0 Å². The molecule has 0 saturated carbocycles. The fourth-order valence-corrected chi connectivity index (χ4v) is 2.13. The molecule has 0 aliphatic carbocycles. The average molecular weight is 259 g/mol. The Morgan fingerprint density at radius 3 is 2.79 bits per heavy atom. The Labute approximate surface area is 114 Å². The van der Waals surface area contributed by atoms with Crippen molar-refractivity contribution in [3.63, 3.8) is 0 Å². The Balaban J connectivity index is 2.09. The molecule has 2 rings (SSSR count). The lowest BCUT2D eigenvalue weighted by Gasteiger charge is -2.18. The molecule has 19 heavy (non-hydrogen) atoms. The van der Waals surface area contributed by atoms with Crippen LogP contribution in [0.15, 0.2) is 30.5 Å². The molecule has 102 valence electrons. The lowest BCUT2D eigenvalue weighted by Crippen LogP contribution is -2.20. The maximum Gasteiger partial charge on any atom is 0.123 e. The minimum atomic E-state index is 0.227. The van der Waals surface area contributed by atoms with E-state index in [-0.39, 0.29) is 6.04 Å². The van der Waals surface area contributed by atoms with Crippen LogP contribution in [-0.2, 0) is 13.6 Å². The number of rotatable bonds is 5. The Morgan fingerprint density at radius 2 is 2.16 bits per heavy atom. The SMILES string of the molecule is COc1ccc(C)cc1C(C)NCc1ccnn1C. The molecule has 1 unspecified atom stereocenters. The third kappa shape index (κ3) is 3.15. The molecule has 0 aliphatic heterocycles. The fourth-order valence-electron chi connectivity index (χ4n) is 2.13. The summed E-state index contributed by atoms with van der Waals surface area (Å²) in [5, 5.41) is 7.67. The number of benzene rings is 1. The molecular weight excluding hydrogens is 238 g/mol. The van der Waals surface area contributed by atoms with Crippen LogP contribution in [-0.4, -0.2) is 16.9 Å². The zero-order valence-electron chi connectivity index (χ0n) is 12.0. The van der Waals surface area contributed by atoms with Crippen molar-refractivity contribution in [2.45, 2.75) is 26.4 Å². The summed E-state index contributed by atoms with van der Waals surface area (Å²) in [5.74, 6) is 0.926. The van der Waals surface area contributed by atoms with Gasteiger partial charge in [0.25, 0.3) is 0 Å². The minimum Gasteiger partial charge on any atom is -0.496 e. The summed E-state index contributed by atoms with van der Waals surface area (Å²) in [7, 11) is 3.66. The van der Waals surface area contributed by atoms with Crippen molar-refractivity contribution in [1.29, 1.82) is 0 Å². The highest BCUT2D eigenvalue weighted by Gasteiger charge is 2.11. The van der Waals surface area contributed by atoms with E-state index in [1.54, 1.807) is 7.11 Å². The van der Waals surface area contributed by atoms with Gasteiger partial charge >= 0.3 is 0 Å². The second-order valence-corrected chi connectivity index (χ2v) is 4.79. The summed E-state index contributed by atoms with van der Waals surface area (Å²) >= 11 is 0. The largest absolute Gasteiger partial charge is 0.496 e. The smallest absolute Gasteiger partial charge is 0.123 e. The van der Waals surface area contributed by atoms with Gasteiger partial charge in [-0.25, -0.2) is 0 Å². The van der Waals surface area contributed by atoms with Crippen molar-refractivity contribution in [1.82, 2.24) is 15.1 Å². The van der Waals surface area contributed by atoms with Crippen molar-refractivity contribution in [2.75, 3.05) is 7.11 Å². The number of hydrogen-bond acceptors (Lipinski definition) is 3. The van der Waals surface area contributed by atoms with Gasteiger partial charge in [0.2, 0.25) is 0 Å². The van der Waals surface area contributed by atoms with Gasteiger partial charge < -0.3 is 10.1 Å². The van der Waals surface area contributed by atoms with Gasteiger partial charge in [-0.3, -0.25) is 4.68 Å². The first-order chi connectivity index (χ1) is 9.11. The van der Waals surface area contributed by atoms with E-state index in [9.17, 15) is 0 Å². The van der Waals surface area contributed by atoms with Crippen LogP contribution in [0.4, 0.5) is 0 Å². The number of nitrogens with zero attached hydrogens (tertiary/aromatic N) is 2. The molecule has 0 amide bonds. The van der Waals surface area contributed by atoms with Crippen LogP contribution < -0.4 is 10.1 Å². The highest BCUT2D eigenvalue weighted by Crippen LogP contribution is 2.26. The second kappa shape index (κ2) is 5.89. The van der Waals surface area contributed by atoms with Gasteiger partial charge in [-0.05, 0) is 26.0 Å². The van der Waals surface area contributed by atoms with Gasteiger partial charge in [0.1, 0.15) is 5.75 Å². The van der Waals surface area contributed by atoms with Gasteiger partial charge in [-0.15, -0.1) is 0 Å². The number of hydrogen-bond donors (Lipinski definition) is 1. The molecular formula is C15H21N3O. The van der Waals surface area contributed by atoms with E-state index in [1.165, 1.54) is 16.8 Å². The normalized spacial score (nSPS) is 12.4. The molecule has 1 atom stereocenters. The zero-order valence-corrected chi connectivity index (χ0v) is 12.0. The molecule has 1 aromatic heterocycles. The maximum absolute atomic E-state index is 5.42. The van der Waals surface area contributed by atoms with E-state index in [0.29, 0.717) is 0 Å². The predicted octanol–water partition coefficient (Wildman–Crippen LogP) is 2.59. The van der Waals surface area contributed by atoms with Crippen molar-refractivity contribution >= 4 is 0 Å². The Hall–Kier alpha value is -1.81. The van der Waals surface area contributed by atoms with E-state index in [0.717, 1.165) is 12.3 Å². The third-order valence-corrected chi connectivity index (χ3v) is 3.36. The van der Waals surface area contributed by atoms with Crippen LogP contribution in [0.2, 0.25) is 0 Å². The van der Waals surface area contributed by atoms with Gasteiger partial charge in [-0.1, -0.05) is 17.7 Å². The molecule has 4 heteroatoms. The van der Waals surface area contributed by atoms with Gasteiger partial charge in [0.15, 0.2) is 0 Å². The van der Waals surface area contributed by atoms with Crippen LogP contribution in [0.25, 0.3) is 0 Å². The summed E-state index contributed by atoms with van der Waals surface area (Å²) in [6.07, 6.45) is 1.81. The standard InChI is InChI=1S/C15H21N3O/c1-11-5-6-15(19-4)14(9-11)12(2)16-10-13-7-8-17-18(13)3/h5-9,12,16H,10H2,1-4H3. The van der Waals surface area contributed by atoms with E-state index in [4.69, 9.17) is 4.74 Å². The summed E-state index contributed by atoms with van der Waals surface area (Å²) < 4.78 is 7.31. The summed E-state index contributed by atoms with van der Waals surface area (Å²) in [6.45, 7) is 5.03. The number of ether oxygens (including phenoxy) is 1. The first kappa shape index (κ1) is 13.6. The van der Waals surface area contributed by atoms with Crippen molar-refractivity contribution in [3.05, 3.63) is 47.3 Å². The highest BCUT2D eigenvalue weighted by atomic mass is 16.5. The average Bonchev–Trinajstić information content (AvgIpc) is 2.81. The summed E-state index contributed by atoms with van der Waals surface area (Å²) in [5.41, 5.74) is 3.59. The van der Waals surface area contributed by atoms with E-state index in [1.807, 2.05) is 30.1 Å². The molecule has 0 fully saturated rings. The molecule has 1 heterocycles. The molecule has 1 N–H and O–H groups in total. The second-order valence-electron chi connectivity index (χ2n) is 4.79. The van der Waals surface area contributed by atoms with Crippen LogP contribution in [0, 0.1) is 6.92 Å². The maximum atomic E-state index is 5.42. The highest BCUT2D eigenvalue weighted by molar-refractivity contribution is 5.38. The fraction of sp³-hybridized carbons (Fsp3) is 0.400. The predicted molar refractivity (Wildman–Crippen MR) is 76.2 cm³/mol. The molecule has 0 bridgehead atoms. The van der Waals surface area contributed by atoms with Crippen LogP contribution >= 0.6 is 0 Å². The number of methoxy groups -OCH3 is 1. The number of nitrogens with one attached hydrogen (secondary N) is 1. The van der Waals surface area contributed by atoms with Gasteiger partial charge in [-0.2, -0.15) is 5.10 Å². The summed E-state index contributed by atoms with van der Waals surface area (Å²) in [6, 6.07) is 8.50. The Morgan fingerprint density at radius 1 is 1.37 bits per heavy atom. The first-order valence-electron chi connectivity index (χ1n) is 6.46. The van der Waals surface area contributed by atoms with E-state index in [2.05, 4.69) is 36.4 Å². The van der Waals surface area contributed by atoms with Gasteiger partial charge in [0.05, 0.1) is 12.8 Å². The minimum absolute atomic E-state index is 0.227. The molecule has 0 aliphatic rings. The summed E-state index contributed by atoms with van der Waals surface area (Å²) in [4.78, 5) is 0. The third-order valence-electron chi connectivity index (χ3n) is 3.36.